The first-order valence-corrected chi connectivity index (χ1v) is 7.02. The van der Waals surface area contributed by atoms with Crippen molar-refractivity contribution in [2.24, 2.45) is 0 Å². The molecule has 0 radical (unpaired) electrons. The fourth-order valence-corrected chi connectivity index (χ4v) is 2.44. The number of aryl methyl sites for hydroxylation is 1. The van der Waals surface area contributed by atoms with Gasteiger partial charge >= 0.3 is 0 Å². The summed E-state index contributed by atoms with van der Waals surface area (Å²) < 4.78 is 14.4. The van der Waals surface area contributed by atoms with Crippen molar-refractivity contribution in [3.8, 4) is 0 Å². The van der Waals surface area contributed by atoms with Gasteiger partial charge in [-0.15, -0.1) is 0 Å². The highest BCUT2D eigenvalue weighted by molar-refractivity contribution is 9.10. The van der Waals surface area contributed by atoms with E-state index in [1.165, 1.54) is 6.07 Å². The second-order valence-electron chi connectivity index (χ2n) is 4.72. The van der Waals surface area contributed by atoms with E-state index in [1.807, 2.05) is 31.2 Å². The Morgan fingerprint density at radius 2 is 1.79 bits per heavy atom. The van der Waals surface area contributed by atoms with Gasteiger partial charge in [0.1, 0.15) is 5.82 Å². The molecule has 2 aromatic rings. The summed E-state index contributed by atoms with van der Waals surface area (Å²) >= 11 is 3.22. The summed E-state index contributed by atoms with van der Waals surface area (Å²) in [6.07, 6.45) is 0.298. The van der Waals surface area contributed by atoms with E-state index >= 15 is 0 Å². The van der Waals surface area contributed by atoms with E-state index in [0.717, 1.165) is 11.1 Å². The molecule has 0 amide bonds. The Labute approximate surface area is 121 Å². The third-order valence-electron chi connectivity index (χ3n) is 3.19. The number of hydrogen-bond acceptors (Lipinski definition) is 1. The van der Waals surface area contributed by atoms with Gasteiger partial charge in [0.15, 0.2) is 0 Å². The van der Waals surface area contributed by atoms with E-state index in [2.05, 4.69) is 15.9 Å². The molecule has 1 atom stereocenters. The van der Waals surface area contributed by atoms with Crippen LogP contribution >= 0.6 is 15.9 Å². The lowest BCUT2D eigenvalue weighted by molar-refractivity contribution is 0.174. The Morgan fingerprint density at radius 3 is 2.47 bits per heavy atom. The summed E-state index contributed by atoms with van der Waals surface area (Å²) in [6, 6.07) is 12.9. The topological polar surface area (TPSA) is 20.2 Å². The van der Waals surface area contributed by atoms with Gasteiger partial charge < -0.3 is 5.11 Å². The normalized spacial score (nSPS) is 12.4. The molecule has 2 aromatic carbocycles. The number of rotatable bonds is 4. The van der Waals surface area contributed by atoms with Crippen LogP contribution in [0.2, 0.25) is 0 Å². The molecular weight excluding hydrogens is 307 g/mol. The molecule has 0 aromatic heterocycles. The Hall–Kier alpha value is -1.19. The summed E-state index contributed by atoms with van der Waals surface area (Å²) in [5.74, 6) is -0.279. The molecule has 0 saturated carbocycles. The first kappa shape index (κ1) is 14.2. The molecule has 0 aliphatic rings. The smallest absolute Gasteiger partial charge is 0.127 e. The van der Waals surface area contributed by atoms with Crippen LogP contribution in [0.3, 0.4) is 0 Å². The van der Waals surface area contributed by atoms with E-state index in [9.17, 15) is 9.50 Å². The summed E-state index contributed by atoms with van der Waals surface area (Å²) in [4.78, 5) is 0. The molecule has 100 valence electrons. The number of aliphatic hydroxyl groups excluding tert-OH is 1. The third kappa shape index (κ3) is 3.88. The lowest BCUT2D eigenvalue weighted by Gasteiger charge is -2.13. The van der Waals surface area contributed by atoms with Gasteiger partial charge in [0, 0.05) is 10.9 Å². The summed E-state index contributed by atoms with van der Waals surface area (Å²) in [7, 11) is 0. The Balaban J connectivity index is 2.05. The van der Waals surface area contributed by atoms with E-state index in [4.69, 9.17) is 0 Å². The maximum Gasteiger partial charge on any atom is 0.127 e. The Bertz CT molecular complexity index is 568. The van der Waals surface area contributed by atoms with Gasteiger partial charge in [0.05, 0.1) is 6.10 Å². The van der Waals surface area contributed by atoms with Gasteiger partial charge in [-0.25, -0.2) is 4.39 Å². The van der Waals surface area contributed by atoms with Gasteiger partial charge in [-0.05, 0) is 42.2 Å². The minimum absolute atomic E-state index is 0.279. The van der Waals surface area contributed by atoms with Gasteiger partial charge in [-0.3, -0.25) is 0 Å². The molecule has 0 saturated heterocycles. The largest absolute Gasteiger partial charge is 0.392 e. The maximum absolute atomic E-state index is 13.7. The quantitative estimate of drug-likeness (QED) is 0.900. The summed E-state index contributed by atoms with van der Waals surface area (Å²) in [6.45, 7) is 2.02. The van der Waals surface area contributed by atoms with Crippen LogP contribution in [0.5, 0.6) is 0 Å². The minimum Gasteiger partial charge on any atom is -0.392 e. The summed E-state index contributed by atoms with van der Waals surface area (Å²) in [5.41, 5.74) is 2.80. The second kappa shape index (κ2) is 6.31. The summed E-state index contributed by atoms with van der Waals surface area (Å²) in [5, 5.41) is 10.1. The number of aliphatic hydroxyl groups is 1. The van der Waals surface area contributed by atoms with Crippen molar-refractivity contribution >= 4 is 15.9 Å². The number of hydrogen-bond donors (Lipinski definition) is 1. The number of halogens is 2. The lowest BCUT2D eigenvalue weighted by Crippen LogP contribution is -2.15. The predicted octanol–water partition coefficient (Wildman–Crippen LogP) is 4.04. The molecule has 19 heavy (non-hydrogen) atoms. The zero-order chi connectivity index (χ0) is 13.8. The zero-order valence-corrected chi connectivity index (χ0v) is 12.3. The molecule has 0 aliphatic carbocycles. The van der Waals surface area contributed by atoms with E-state index in [1.54, 1.807) is 12.1 Å². The van der Waals surface area contributed by atoms with E-state index in [0.29, 0.717) is 22.9 Å². The first-order chi connectivity index (χ1) is 9.06. The zero-order valence-electron chi connectivity index (χ0n) is 10.7. The molecule has 1 nitrogen and oxygen atoms in total. The van der Waals surface area contributed by atoms with Crippen LogP contribution in [0, 0.1) is 12.7 Å². The average Bonchev–Trinajstić information content (AvgIpc) is 2.36. The lowest BCUT2D eigenvalue weighted by atomic mass is 9.98. The van der Waals surface area contributed by atoms with Crippen molar-refractivity contribution in [1.29, 1.82) is 0 Å². The van der Waals surface area contributed by atoms with Crippen LogP contribution in [-0.4, -0.2) is 11.2 Å². The van der Waals surface area contributed by atoms with Crippen molar-refractivity contribution in [2.75, 3.05) is 0 Å². The molecular formula is C16H16BrFO. The molecule has 0 heterocycles. The predicted molar refractivity (Wildman–Crippen MR) is 78.7 cm³/mol. The first-order valence-electron chi connectivity index (χ1n) is 6.23. The molecule has 2 rings (SSSR count). The standard InChI is InChI=1S/C16H16BrFO/c1-11-4-2-3-5-12(11)8-15(19)9-13-6-7-14(17)10-16(13)18/h2-7,10,15,19H,8-9H2,1H3. The van der Waals surface area contributed by atoms with Crippen LogP contribution in [-0.2, 0) is 12.8 Å². The molecule has 3 heteroatoms. The molecule has 0 aliphatic heterocycles. The van der Waals surface area contributed by atoms with Crippen LogP contribution in [0.1, 0.15) is 16.7 Å². The fraction of sp³-hybridized carbons (Fsp3) is 0.250. The van der Waals surface area contributed by atoms with Crippen molar-refractivity contribution in [2.45, 2.75) is 25.9 Å². The van der Waals surface area contributed by atoms with Gasteiger partial charge in [0.25, 0.3) is 0 Å². The molecule has 0 spiro atoms. The van der Waals surface area contributed by atoms with Gasteiger partial charge in [-0.1, -0.05) is 46.3 Å². The van der Waals surface area contributed by atoms with E-state index < -0.39 is 6.10 Å². The highest BCUT2D eigenvalue weighted by Gasteiger charge is 2.11. The second-order valence-corrected chi connectivity index (χ2v) is 5.64. The molecule has 1 unspecified atom stereocenters. The van der Waals surface area contributed by atoms with Gasteiger partial charge in [0.2, 0.25) is 0 Å². The number of benzene rings is 2. The maximum atomic E-state index is 13.7. The molecule has 1 N–H and O–H groups in total. The van der Waals surface area contributed by atoms with E-state index in [-0.39, 0.29) is 5.82 Å². The van der Waals surface area contributed by atoms with Crippen LogP contribution in [0.15, 0.2) is 46.9 Å². The van der Waals surface area contributed by atoms with Crippen LogP contribution in [0.25, 0.3) is 0 Å². The van der Waals surface area contributed by atoms with Crippen molar-refractivity contribution in [1.82, 2.24) is 0 Å². The Morgan fingerprint density at radius 1 is 1.11 bits per heavy atom. The van der Waals surface area contributed by atoms with Crippen molar-refractivity contribution < 1.29 is 9.50 Å². The minimum atomic E-state index is -0.572. The van der Waals surface area contributed by atoms with Crippen molar-refractivity contribution in [3.63, 3.8) is 0 Å². The fourth-order valence-electron chi connectivity index (χ4n) is 2.11. The SMILES string of the molecule is Cc1ccccc1CC(O)Cc1ccc(Br)cc1F. The highest BCUT2D eigenvalue weighted by Crippen LogP contribution is 2.18. The van der Waals surface area contributed by atoms with Crippen LogP contribution in [0.4, 0.5) is 4.39 Å². The average molecular weight is 323 g/mol. The van der Waals surface area contributed by atoms with Crippen LogP contribution < -0.4 is 0 Å². The molecule has 0 fully saturated rings. The Kier molecular flexibility index (Phi) is 4.72. The highest BCUT2D eigenvalue weighted by atomic mass is 79.9. The third-order valence-corrected chi connectivity index (χ3v) is 3.68. The van der Waals surface area contributed by atoms with Crippen molar-refractivity contribution in [3.05, 3.63) is 69.4 Å². The van der Waals surface area contributed by atoms with Gasteiger partial charge in [-0.2, -0.15) is 0 Å². The monoisotopic (exact) mass is 322 g/mol. The molecule has 0 bridgehead atoms.